The lowest BCUT2D eigenvalue weighted by Gasteiger charge is -2.34. The Morgan fingerprint density at radius 2 is 1.83 bits per heavy atom. The van der Waals surface area contributed by atoms with E-state index >= 15 is 0 Å². The number of para-hydroxylation sites is 1. The van der Waals surface area contributed by atoms with Crippen LogP contribution in [0.1, 0.15) is 10.4 Å². The van der Waals surface area contributed by atoms with E-state index in [1.807, 2.05) is 0 Å². The highest BCUT2D eigenvalue weighted by atomic mass is 32.2. The Balaban J connectivity index is 1.74. The Morgan fingerprint density at radius 3 is 2.52 bits per heavy atom. The molecule has 0 aromatic heterocycles. The van der Waals surface area contributed by atoms with E-state index in [4.69, 9.17) is 9.47 Å². The van der Waals surface area contributed by atoms with Crippen molar-refractivity contribution in [2.75, 3.05) is 46.4 Å². The molecule has 3 rings (SSSR count). The van der Waals surface area contributed by atoms with Crippen molar-refractivity contribution in [2.45, 2.75) is 0 Å². The van der Waals surface area contributed by atoms with Gasteiger partial charge in [0.25, 0.3) is 16.1 Å². The van der Waals surface area contributed by atoms with Crippen LogP contribution < -0.4 is 14.2 Å². The molecular formula is C14H19N3O5S. The molecule has 2 aliphatic heterocycles. The van der Waals surface area contributed by atoms with E-state index in [2.05, 4.69) is 4.72 Å². The van der Waals surface area contributed by atoms with Crippen LogP contribution in [0.25, 0.3) is 0 Å². The summed E-state index contributed by atoms with van der Waals surface area (Å²) in [4.78, 5) is 14.3. The summed E-state index contributed by atoms with van der Waals surface area (Å²) in [6.45, 7) is 2.08. The number of rotatable bonds is 3. The maximum absolute atomic E-state index is 12.7. The van der Waals surface area contributed by atoms with Gasteiger partial charge in [-0.3, -0.25) is 4.79 Å². The molecule has 0 spiro atoms. The topological polar surface area (TPSA) is 88.2 Å². The van der Waals surface area contributed by atoms with Crippen molar-refractivity contribution in [2.24, 2.45) is 0 Å². The Hall–Kier alpha value is -1.84. The first kappa shape index (κ1) is 16.0. The van der Waals surface area contributed by atoms with Crippen LogP contribution in [0.3, 0.4) is 0 Å². The van der Waals surface area contributed by atoms with E-state index in [1.54, 1.807) is 23.1 Å². The van der Waals surface area contributed by atoms with Gasteiger partial charge >= 0.3 is 0 Å². The quantitative estimate of drug-likeness (QED) is 0.814. The van der Waals surface area contributed by atoms with Crippen LogP contribution in [-0.2, 0) is 10.2 Å². The molecule has 0 unspecified atom stereocenters. The van der Waals surface area contributed by atoms with E-state index < -0.39 is 10.2 Å². The van der Waals surface area contributed by atoms with Crippen molar-refractivity contribution in [1.29, 1.82) is 0 Å². The molecule has 1 aromatic carbocycles. The fourth-order valence-corrected chi connectivity index (χ4v) is 3.58. The number of benzene rings is 1. The molecule has 0 bridgehead atoms. The number of amides is 1. The zero-order chi connectivity index (χ0) is 16.4. The van der Waals surface area contributed by atoms with E-state index in [0.29, 0.717) is 43.4 Å². The molecule has 0 atom stereocenters. The fraction of sp³-hybridized carbons (Fsp3) is 0.500. The minimum atomic E-state index is -3.45. The second kappa shape index (κ2) is 6.34. The Morgan fingerprint density at radius 1 is 1.13 bits per heavy atom. The van der Waals surface area contributed by atoms with Gasteiger partial charge in [-0.25, -0.2) is 4.72 Å². The molecule has 1 amide bonds. The van der Waals surface area contributed by atoms with Crippen molar-refractivity contribution >= 4 is 16.1 Å². The lowest BCUT2D eigenvalue weighted by atomic mass is 10.1. The first-order valence-electron chi connectivity index (χ1n) is 7.39. The van der Waals surface area contributed by atoms with Crippen molar-refractivity contribution in [3.05, 3.63) is 23.8 Å². The third-order valence-corrected chi connectivity index (χ3v) is 5.48. The van der Waals surface area contributed by atoms with Gasteiger partial charge < -0.3 is 14.4 Å². The molecule has 0 radical (unpaired) electrons. The average molecular weight is 341 g/mol. The molecule has 23 heavy (non-hydrogen) atoms. The smallest absolute Gasteiger partial charge is 0.279 e. The average Bonchev–Trinajstić information content (AvgIpc) is 2.60. The van der Waals surface area contributed by atoms with Crippen LogP contribution in [0.4, 0.5) is 0 Å². The maximum Gasteiger partial charge on any atom is 0.279 e. The maximum atomic E-state index is 12.7. The van der Waals surface area contributed by atoms with Crippen LogP contribution in [0.5, 0.6) is 11.5 Å². The van der Waals surface area contributed by atoms with Crippen LogP contribution in [0.2, 0.25) is 0 Å². The number of nitrogens with one attached hydrogen (secondary N) is 1. The molecule has 1 fully saturated rings. The number of carbonyl (C=O) groups is 1. The molecule has 2 heterocycles. The zero-order valence-corrected chi connectivity index (χ0v) is 13.6. The number of hydrogen-bond donors (Lipinski definition) is 1. The molecule has 9 heteroatoms. The minimum absolute atomic E-state index is 0.172. The molecule has 126 valence electrons. The van der Waals surface area contributed by atoms with Gasteiger partial charge in [0.15, 0.2) is 11.5 Å². The molecule has 1 saturated heterocycles. The van der Waals surface area contributed by atoms with Crippen molar-refractivity contribution in [3.8, 4) is 11.5 Å². The Bertz CT molecular complexity index is 698. The van der Waals surface area contributed by atoms with Gasteiger partial charge in [-0.1, -0.05) is 6.07 Å². The van der Waals surface area contributed by atoms with E-state index in [9.17, 15) is 13.2 Å². The molecule has 1 aromatic rings. The summed E-state index contributed by atoms with van der Waals surface area (Å²) >= 11 is 0. The number of fused-ring (bicyclic) bond motifs is 1. The van der Waals surface area contributed by atoms with Gasteiger partial charge in [0, 0.05) is 33.2 Å². The highest BCUT2D eigenvalue weighted by molar-refractivity contribution is 7.87. The second-order valence-corrected chi connectivity index (χ2v) is 7.10. The first-order valence-corrected chi connectivity index (χ1v) is 8.83. The number of ether oxygens (including phenoxy) is 2. The van der Waals surface area contributed by atoms with Crippen molar-refractivity contribution < 1.29 is 22.7 Å². The van der Waals surface area contributed by atoms with Crippen LogP contribution in [0, 0.1) is 0 Å². The second-order valence-electron chi connectivity index (χ2n) is 5.23. The number of hydrogen-bond acceptors (Lipinski definition) is 5. The summed E-state index contributed by atoms with van der Waals surface area (Å²) in [6, 6.07) is 5.22. The summed E-state index contributed by atoms with van der Waals surface area (Å²) in [5.74, 6) is 0.862. The van der Waals surface area contributed by atoms with Gasteiger partial charge in [-0.05, 0) is 12.1 Å². The predicted molar refractivity (Wildman–Crippen MR) is 82.9 cm³/mol. The van der Waals surface area contributed by atoms with Crippen LogP contribution in [0.15, 0.2) is 18.2 Å². The largest absolute Gasteiger partial charge is 0.486 e. The Labute approximate surface area is 135 Å². The van der Waals surface area contributed by atoms with Gasteiger partial charge in [-0.15, -0.1) is 0 Å². The van der Waals surface area contributed by atoms with Crippen LogP contribution in [-0.4, -0.2) is 70.0 Å². The van der Waals surface area contributed by atoms with Gasteiger partial charge in [0.1, 0.15) is 13.2 Å². The summed E-state index contributed by atoms with van der Waals surface area (Å²) in [7, 11) is -2.07. The van der Waals surface area contributed by atoms with Gasteiger partial charge in [-0.2, -0.15) is 12.7 Å². The van der Waals surface area contributed by atoms with Crippen LogP contribution >= 0.6 is 0 Å². The molecule has 0 aliphatic carbocycles. The summed E-state index contributed by atoms with van der Waals surface area (Å²) in [5.41, 5.74) is 0.451. The molecular weight excluding hydrogens is 322 g/mol. The SMILES string of the molecule is CNS(=O)(=O)N1CCN(C(=O)c2cccc3c2OCCO3)CC1. The Kier molecular flexibility index (Phi) is 4.42. The molecule has 0 saturated carbocycles. The summed E-state index contributed by atoms with van der Waals surface area (Å²) < 4.78 is 38.2. The third kappa shape index (κ3) is 3.12. The molecule has 2 aliphatic rings. The minimum Gasteiger partial charge on any atom is -0.486 e. The summed E-state index contributed by atoms with van der Waals surface area (Å²) in [5, 5.41) is 0. The lowest BCUT2D eigenvalue weighted by Crippen LogP contribution is -2.52. The van der Waals surface area contributed by atoms with Crippen molar-refractivity contribution in [3.63, 3.8) is 0 Å². The number of nitrogens with zero attached hydrogens (tertiary/aromatic N) is 2. The fourth-order valence-electron chi connectivity index (χ4n) is 2.67. The third-order valence-electron chi connectivity index (χ3n) is 3.92. The molecule has 8 nitrogen and oxygen atoms in total. The molecule has 1 N–H and O–H groups in total. The lowest BCUT2D eigenvalue weighted by molar-refractivity contribution is 0.0687. The monoisotopic (exact) mass is 341 g/mol. The van der Waals surface area contributed by atoms with E-state index in [-0.39, 0.29) is 19.0 Å². The van der Waals surface area contributed by atoms with E-state index in [1.165, 1.54) is 11.4 Å². The number of piperazine rings is 1. The zero-order valence-electron chi connectivity index (χ0n) is 12.8. The predicted octanol–water partition coefficient (Wildman–Crippen LogP) is -0.320. The van der Waals surface area contributed by atoms with Gasteiger partial charge in [0.2, 0.25) is 0 Å². The van der Waals surface area contributed by atoms with Gasteiger partial charge in [0.05, 0.1) is 5.56 Å². The first-order chi connectivity index (χ1) is 11.0. The normalized spacial score (nSPS) is 18.7. The van der Waals surface area contributed by atoms with Crippen molar-refractivity contribution in [1.82, 2.24) is 13.9 Å². The summed E-state index contributed by atoms with van der Waals surface area (Å²) in [6.07, 6.45) is 0. The highest BCUT2D eigenvalue weighted by Crippen LogP contribution is 2.34. The van der Waals surface area contributed by atoms with E-state index in [0.717, 1.165) is 0 Å². The highest BCUT2D eigenvalue weighted by Gasteiger charge is 2.30. The number of carbonyl (C=O) groups excluding carboxylic acids is 1. The standard InChI is InChI=1S/C14H19N3O5S/c1-15-23(19,20)17-7-5-16(6-8-17)14(18)11-3-2-4-12-13(11)22-10-9-21-12/h2-4,15H,5-10H2,1H3.